The summed E-state index contributed by atoms with van der Waals surface area (Å²) in [4.78, 5) is 0. The van der Waals surface area contributed by atoms with Gasteiger partial charge >= 0.3 is 0 Å². The van der Waals surface area contributed by atoms with Gasteiger partial charge in [-0.15, -0.1) is 0 Å². The summed E-state index contributed by atoms with van der Waals surface area (Å²) < 4.78 is 25.7. The Balaban J connectivity index is 4.28. The van der Waals surface area contributed by atoms with E-state index in [9.17, 15) is 8.42 Å². The molecule has 0 heterocycles. The molecule has 0 atom stereocenters. The molecule has 0 rings (SSSR count). The van der Waals surface area contributed by atoms with Gasteiger partial charge < -0.3 is 3.87 Å². The Hall–Kier alpha value is 0.127. The highest BCUT2D eigenvalue weighted by atomic mass is 32.2. The van der Waals surface area contributed by atoms with Gasteiger partial charge in [-0.2, -0.15) is 0 Å². The normalized spacial score (nSPS) is 12.4. The van der Waals surface area contributed by atoms with Crippen molar-refractivity contribution in [3.63, 3.8) is 0 Å². The molecule has 68 valence electrons. The number of thiol groups is 1. The van der Waals surface area contributed by atoms with Crippen LogP contribution in [0.5, 0.6) is 0 Å². The van der Waals surface area contributed by atoms with Crippen molar-refractivity contribution in [1.29, 1.82) is 0 Å². The topological polar surface area (TPSA) is 43.4 Å². The van der Waals surface area contributed by atoms with Gasteiger partial charge in [0.1, 0.15) is 0 Å². The first-order valence-corrected chi connectivity index (χ1v) is 7.56. The van der Waals surface area contributed by atoms with Gasteiger partial charge in [-0.1, -0.05) is 20.8 Å². The fourth-order valence-corrected chi connectivity index (χ4v) is 5.42. The fraction of sp³-hybridized carbons (Fsp3) is 1.00. The Morgan fingerprint density at radius 2 is 1.45 bits per heavy atom. The summed E-state index contributed by atoms with van der Waals surface area (Å²) in [5.41, 5.74) is 0. The zero-order valence-electron chi connectivity index (χ0n) is 7.29. The first-order valence-electron chi connectivity index (χ1n) is 3.93. The van der Waals surface area contributed by atoms with Crippen LogP contribution in [0.3, 0.4) is 0 Å². The Bertz CT molecular complexity index is 158. The molecule has 0 saturated carbocycles. The van der Waals surface area contributed by atoms with Gasteiger partial charge in [-0.25, -0.2) is 8.42 Å². The summed E-state index contributed by atoms with van der Waals surface area (Å²) >= 11 is 0. The van der Waals surface area contributed by atoms with Gasteiger partial charge in [0, 0.05) is 0 Å². The molecule has 0 N–H and O–H groups in total. The molecule has 11 heavy (non-hydrogen) atoms. The highest BCUT2D eigenvalue weighted by Gasteiger charge is 2.30. The van der Waals surface area contributed by atoms with Crippen LogP contribution < -0.4 is 0 Å². The van der Waals surface area contributed by atoms with Crippen LogP contribution in [-0.4, -0.2) is 16.7 Å². The maximum Gasteiger partial charge on any atom is 0.247 e. The quantitative estimate of drug-likeness (QED) is 0.536. The van der Waals surface area contributed by atoms with Crippen LogP contribution in [0.25, 0.3) is 0 Å². The molecule has 0 aliphatic rings. The third kappa shape index (κ3) is 3.35. The van der Waals surface area contributed by atoms with E-state index in [1.807, 2.05) is 20.8 Å². The molecule has 0 aromatic rings. The smallest absolute Gasteiger partial charge is 0.247 e. The Kier molecular flexibility index (Phi) is 4.95. The molecule has 3 nitrogen and oxygen atoms in total. The average Bonchev–Trinajstić information content (AvgIpc) is 2.00. The lowest BCUT2D eigenvalue weighted by Gasteiger charge is -2.23. The third-order valence-electron chi connectivity index (χ3n) is 2.20. The lowest BCUT2D eigenvalue weighted by atomic mass is 10.9. The highest BCUT2D eigenvalue weighted by molar-refractivity contribution is 7.68. The van der Waals surface area contributed by atoms with E-state index in [1.165, 1.54) is 0 Å². The molecule has 0 aliphatic carbocycles. The van der Waals surface area contributed by atoms with Crippen molar-refractivity contribution in [3.8, 4) is 0 Å². The van der Waals surface area contributed by atoms with E-state index in [2.05, 4.69) is 0 Å². The molecule has 5 heteroatoms. The number of hydrogen-bond donors (Lipinski definition) is 1. The van der Waals surface area contributed by atoms with Gasteiger partial charge in [0.2, 0.25) is 19.3 Å². The van der Waals surface area contributed by atoms with Gasteiger partial charge in [0.05, 0.1) is 0 Å². The molecular formula is C6H16O3SSi. The van der Waals surface area contributed by atoms with Crippen LogP contribution in [0.15, 0.2) is 0 Å². The molecule has 0 saturated heterocycles. The predicted molar refractivity (Wildman–Crippen MR) is 48.6 cm³/mol. The summed E-state index contributed by atoms with van der Waals surface area (Å²) in [6.07, 6.45) is 0. The third-order valence-corrected chi connectivity index (χ3v) is 8.21. The molecule has 0 radical (unpaired) electrons. The summed E-state index contributed by atoms with van der Waals surface area (Å²) in [7, 11) is -4.52. The van der Waals surface area contributed by atoms with Crippen LogP contribution in [0.4, 0.5) is 0 Å². The lowest BCUT2D eigenvalue weighted by Crippen LogP contribution is -2.34. The molecule has 0 aromatic carbocycles. The molecular weight excluding hydrogens is 180 g/mol. The van der Waals surface area contributed by atoms with Crippen LogP contribution in [0.1, 0.15) is 20.8 Å². The van der Waals surface area contributed by atoms with Crippen LogP contribution in [-0.2, 0) is 14.9 Å². The first-order chi connectivity index (χ1) is 5.10. The monoisotopic (exact) mass is 196 g/mol. The minimum atomic E-state index is -2.64. The highest BCUT2D eigenvalue weighted by Crippen LogP contribution is 2.21. The van der Waals surface area contributed by atoms with Gasteiger partial charge in [0.25, 0.3) is 0 Å². The van der Waals surface area contributed by atoms with Crippen molar-refractivity contribution < 1.29 is 12.3 Å². The summed E-state index contributed by atoms with van der Waals surface area (Å²) in [5, 5.41) is 0. The number of rotatable bonds is 5. The molecule has 0 aromatic heterocycles. The van der Waals surface area contributed by atoms with Crippen molar-refractivity contribution in [3.05, 3.63) is 0 Å². The van der Waals surface area contributed by atoms with Crippen LogP contribution in [0, 0.1) is 0 Å². The molecule has 0 spiro atoms. The predicted octanol–water partition coefficient (Wildman–Crippen LogP) is 1.53. The maximum atomic E-state index is 10.3. The second-order valence-electron chi connectivity index (χ2n) is 2.56. The lowest BCUT2D eigenvalue weighted by molar-refractivity contribution is 0.498. The van der Waals surface area contributed by atoms with Crippen molar-refractivity contribution in [2.45, 2.75) is 38.9 Å². The van der Waals surface area contributed by atoms with Gasteiger partial charge in [-0.05, 0) is 18.1 Å². The summed E-state index contributed by atoms with van der Waals surface area (Å²) in [5.74, 6) is 0. The van der Waals surface area contributed by atoms with E-state index in [1.54, 1.807) is 0 Å². The molecule has 0 amide bonds. The SMILES string of the molecule is CC[Si](CC)(CC)O[SH](=O)=O. The zero-order chi connectivity index (χ0) is 8.91. The standard InChI is InChI=1S/C6H16O3SSi/c1-4-11(5-2,6-3)9-10(7)8/h10H,4-6H2,1-3H3. The molecule has 0 bridgehead atoms. The van der Waals surface area contributed by atoms with Gasteiger partial charge in [-0.3, -0.25) is 0 Å². The van der Waals surface area contributed by atoms with Crippen molar-refractivity contribution in [2.24, 2.45) is 0 Å². The largest absolute Gasteiger partial charge is 0.317 e. The Labute approximate surface area is 71.0 Å². The summed E-state index contributed by atoms with van der Waals surface area (Å²) in [6, 6.07) is 2.63. The fourth-order valence-electron chi connectivity index (χ4n) is 1.10. The van der Waals surface area contributed by atoms with Crippen LogP contribution in [0.2, 0.25) is 18.1 Å². The van der Waals surface area contributed by atoms with E-state index in [4.69, 9.17) is 3.87 Å². The van der Waals surface area contributed by atoms with Crippen LogP contribution >= 0.6 is 0 Å². The van der Waals surface area contributed by atoms with E-state index in [0.717, 1.165) is 18.1 Å². The van der Waals surface area contributed by atoms with E-state index in [0.29, 0.717) is 0 Å². The zero-order valence-corrected chi connectivity index (χ0v) is 9.19. The number of hydrogen-bond acceptors (Lipinski definition) is 3. The Morgan fingerprint density at radius 1 is 1.09 bits per heavy atom. The van der Waals surface area contributed by atoms with E-state index >= 15 is 0 Å². The van der Waals surface area contributed by atoms with Crippen molar-refractivity contribution in [1.82, 2.24) is 0 Å². The van der Waals surface area contributed by atoms with Gasteiger partial charge in [0.15, 0.2) is 0 Å². The van der Waals surface area contributed by atoms with E-state index < -0.39 is 19.3 Å². The summed E-state index contributed by atoms with van der Waals surface area (Å²) in [6.45, 7) is 5.99. The maximum absolute atomic E-state index is 10.3. The van der Waals surface area contributed by atoms with Crippen molar-refractivity contribution >= 4 is 19.3 Å². The second kappa shape index (κ2) is 4.90. The first kappa shape index (κ1) is 11.1. The molecule has 0 unspecified atom stereocenters. The minimum absolute atomic E-state index is 0.878. The minimum Gasteiger partial charge on any atom is -0.317 e. The average molecular weight is 196 g/mol. The Morgan fingerprint density at radius 3 is 1.55 bits per heavy atom. The second-order valence-corrected chi connectivity index (χ2v) is 8.22. The van der Waals surface area contributed by atoms with E-state index in [-0.39, 0.29) is 0 Å². The molecule has 0 fully saturated rings. The van der Waals surface area contributed by atoms with Crippen molar-refractivity contribution in [2.75, 3.05) is 0 Å². The molecule has 0 aliphatic heterocycles.